The van der Waals surface area contributed by atoms with E-state index < -0.39 is 0 Å². The Bertz CT molecular complexity index is 663. The fourth-order valence-electron chi connectivity index (χ4n) is 8.36. The first-order valence-corrected chi connectivity index (χ1v) is 12.4. The van der Waals surface area contributed by atoms with Crippen LogP contribution in [-0.2, 0) is 0 Å². The highest BCUT2D eigenvalue weighted by molar-refractivity contribution is 5.29. The van der Waals surface area contributed by atoms with Crippen molar-refractivity contribution in [3.05, 3.63) is 23.8 Å². The topological polar surface area (TPSA) is 40.5 Å². The summed E-state index contributed by atoms with van der Waals surface area (Å²) in [5.41, 5.74) is 1.69. The van der Waals surface area contributed by atoms with Gasteiger partial charge < -0.3 is 10.2 Å². The molecule has 3 fully saturated rings. The highest BCUT2D eigenvalue weighted by Crippen LogP contribution is 2.67. The van der Waals surface area contributed by atoms with Crippen LogP contribution in [0.2, 0.25) is 0 Å². The molecule has 9 atom stereocenters. The van der Waals surface area contributed by atoms with Crippen LogP contribution in [0.4, 0.5) is 0 Å². The van der Waals surface area contributed by atoms with Gasteiger partial charge in [-0.15, -0.1) is 0 Å². The standard InChI is InChI=1S/C27H44O2/c1-17(2)7-6-8-18(3)21-9-10-22-20-16-25(29)24-15-19(28)11-13-27(24,5)23(20)12-14-26(21,22)4/h6,8,15,17-23,25,28-29H,7,9-14,16H2,1-5H3. The van der Waals surface area contributed by atoms with E-state index in [0.717, 1.165) is 37.0 Å². The maximum atomic E-state index is 11.1. The minimum absolute atomic E-state index is 0.101. The second kappa shape index (κ2) is 7.83. The minimum atomic E-state index is -0.354. The molecule has 4 rings (SSSR count). The Morgan fingerprint density at radius 3 is 2.52 bits per heavy atom. The zero-order chi connectivity index (χ0) is 21.0. The number of aliphatic hydroxyl groups is 2. The maximum absolute atomic E-state index is 11.1. The largest absolute Gasteiger partial charge is 0.389 e. The zero-order valence-electron chi connectivity index (χ0n) is 19.4. The second-order valence-corrected chi connectivity index (χ2v) is 11.9. The molecule has 29 heavy (non-hydrogen) atoms. The number of rotatable bonds is 4. The van der Waals surface area contributed by atoms with Crippen LogP contribution in [0.3, 0.4) is 0 Å². The van der Waals surface area contributed by atoms with E-state index >= 15 is 0 Å². The molecule has 2 heteroatoms. The van der Waals surface area contributed by atoms with Crippen LogP contribution in [0.25, 0.3) is 0 Å². The average molecular weight is 401 g/mol. The van der Waals surface area contributed by atoms with Gasteiger partial charge in [-0.1, -0.05) is 52.8 Å². The molecular weight excluding hydrogens is 356 g/mol. The van der Waals surface area contributed by atoms with Crippen LogP contribution < -0.4 is 0 Å². The molecule has 4 aliphatic carbocycles. The first-order valence-electron chi connectivity index (χ1n) is 12.4. The average Bonchev–Trinajstić information content (AvgIpc) is 3.00. The van der Waals surface area contributed by atoms with E-state index in [1.54, 1.807) is 0 Å². The van der Waals surface area contributed by atoms with Gasteiger partial charge in [0.05, 0.1) is 12.2 Å². The molecule has 0 aromatic heterocycles. The summed E-state index contributed by atoms with van der Waals surface area (Å²) in [7, 11) is 0. The van der Waals surface area contributed by atoms with Crippen molar-refractivity contribution in [2.24, 2.45) is 46.3 Å². The van der Waals surface area contributed by atoms with Crippen LogP contribution in [0.15, 0.2) is 23.8 Å². The van der Waals surface area contributed by atoms with Gasteiger partial charge in [0, 0.05) is 0 Å². The molecule has 3 saturated carbocycles. The predicted molar refractivity (Wildman–Crippen MR) is 120 cm³/mol. The monoisotopic (exact) mass is 400 g/mol. The summed E-state index contributed by atoms with van der Waals surface area (Å²) < 4.78 is 0. The van der Waals surface area contributed by atoms with Crippen molar-refractivity contribution in [1.82, 2.24) is 0 Å². The summed E-state index contributed by atoms with van der Waals surface area (Å²) in [6.45, 7) is 12.0. The molecule has 164 valence electrons. The fourth-order valence-corrected chi connectivity index (χ4v) is 8.36. The lowest BCUT2D eigenvalue weighted by Crippen LogP contribution is -2.54. The normalized spacial score (nSPS) is 48.2. The van der Waals surface area contributed by atoms with Crippen molar-refractivity contribution in [1.29, 1.82) is 0 Å². The van der Waals surface area contributed by atoms with E-state index in [1.807, 2.05) is 6.08 Å². The SMILES string of the molecule is CC(C)CC=CC(C)C1CCC2C3CC(O)C4=CC(O)CCC4(C)C3CCC12C. The summed E-state index contributed by atoms with van der Waals surface area (Å²) in [6.07, 6.45) is 15.6. The van der Waals surface area contributed by atoms with Crippen LogP contribution in [-0.4, -0.2) is 22.4 Å². The van der Waals surface area contributed by atoms with Gasteiger partial charge in [-0.2, -0.15) is 0 Å². The van der Waals surface area contributed by atoms with Gasteiger partial charge in [-0.25, -0.2) is 0 Å². The van der Waals surface area contributed by atoms with Gasteiger partial charge in [-0.05, 0) is 103 Å². The van der Waals surface area contributed by atoms with E-state index in [2.05, 4.69) is 46.8 Å². The summed E-state index contributed by atoms with van der Waals surface area (Å²) in [4.78, 5) is 0. The van der Waals surface area contributed by atoms with Crippen molar-refractivity contribution in [2.45, 2.75) is 98.2 Å². The molecule has 0 spiro atoms. The number of fused-ring (bicyclic) bond motifs is 5. The van der Waals surface area contributed by atoms with Crippen molar-refractivity contribution in [2.75, 3.05) is 0 Å². The van der Waals surface area contributed by atoms with E-state index in [0.29, 0.717) is 23.2 Å². The van der Waals surface area contributed by atoms with E-state index in [1.165, 1.54) is 37.7 Å². The molecule has 0 aromatic rings. The van der Waals surface area contributed by atoms with Crippen molar-refractivity contribution >= 4 is 0 Å². The van der Waals surface area contributed by atoms with Gasteiger partial charge >= 0.3 is 0 Å². The summed E-state index contributed by atoms with van der Waals surface area (Å²) in [5, 5.41) is 21.3. The fraction of sp³-hybridized carbons (Fsp3) is 0.852. The number of aliphatic hydroxyl groups excluding tert-OH is 2. The molecule has 0 radical (unpaired) electrons. The highest BCUT2D eigenvalue weighted by atomic mass is 16.3. The number of hydrogen-bond acceptors (Lipinski definition) is 2. The number of hydrogen-bond donors (Lipinski definition) is 2. The molecule has 2 N–H and O–H groups in total. The summed E-state index contributed by atoms with van der Waals surface area (Å²) >= 11 is 0. The van der Waals surface area contributed by atoms with Crippen molar-refractivity contribution < 1.29 is 10.2 Å². The smallest absolute Gasteiger partial charge is 0.0759 e. The third-order valence-corrected chi connectivity index (χ3v) is 9.86. The van der Waals surface area contributed by atoms with Crippen LogP contribution in [0.5, 0.6) is 0 Å². The second-order valence-electron chi connectivity index (χ2n) is 11.9. The highest BCUT2D eigenvalue weighted by Gasteiger charge is 2.60. The molecule has 0 heterocycles. The minimum Gasteiger partial charge on any atom is -0.389 e. The molecular formula is C27H44O2. The molecule has 0 bridgehead atoms. The summed E-state index contributed by atoms with van der Waals surface area (Å²) in [5.74, 6) is 4.27. The predicted octanol–water partition coefficient (Wildman–Crippen LogP) is 6.14. The van der Waals surface area contributed by atoms with Gasteiger partial charge in [0.25, 0.3) is 0 Å². The Hall–Kier alpha value is -0.600. The lowest BCUT2D eigenvalue weighted by Gasteiger charge is -2.59. The zero-order valence-corrected chi connectivity index (χ0v) is 19.4. The molecule has 2 nitrogen and oxygen atoms in total. The van der Waals surface area contributed by atoms with Gasteiger partial charge in [0.15, 0.2) is 0 Å². The lowest BCUT2D eigenvalue weighted by molar-refractivity contribution is -0.0852. The van der Waals surface area contributed by atoms with Crippen molar-refractivity contribution in [3.63, 3.8) is 0 Å². The van der Waals surface area contributed by atoms with E-state index in [4.69, 9.17) is 0 Å². The van der Waals surface area contributed by atoms with Gasteiger partial charge in [0.2, 0.25) is 0 Å². The Morgan fingerprint density at radius 1 is 1.03 bits per heavy atom. The van der Waals surface area contributed by atoms with Crippen LogP contribution >= 0.6 is 0 Å². The Balaban J connectivity index is 1.56. The first-order chi connectivity index (χ1) is 13.7. The lowest BCUT2D eigenvalue weighted by atomic mass is 9.46. The van der Waals surface area contributed by atoms with Gasteiger partial charge in [0.1, 0.15) is 0 Å². The molecule has 0 amide bonds. The van der Waals surface area contributed by atoms with Crippen molar-refractivity contribution in [3.8, 4) is 0 Å². The van der Waals surface area contributed by atoms with E-state index in [9.17, 15) is 10.2 Å². The first kappa shape index (κ1) is 21.6. The van der Waals surface area contributed by atoms with Gasteiger partial charge in [-0.3, -0.25) is 0 Å². The third kappa shape index (κ3) is 3.57. The van der Waals surface area contributed by atoms with Crippen LogP contribution in [0.1, 0.15) is 86.0 Å². The van der Waals surface area contributed by atoms with E-state index in [-0.39, 0.29) is 17.6 Å². The summed E-state index contributed by atoms with van der Waals surface area (Å²) in [6, 6.07) is 0. The Labute approximate surface area is 178 Å². The Morgan fingerprint density at radius 2 is 1.79 bits per heavy atom. The molecule has 0 saturated heterocycles. The molecule has 0 aromatic carbocycles. The molecule has 9 unspecified atom stereocenters. The van der Waals surface area contributed by atoms with Crippen LogP contribution in [0, 0.1) is 46.3 Å². The Kier molecular flexibility index (Phi) is 5.84. The molecule has 4 aliphatic rings. The maximum Gasteiger partial charge on any atom is 0.0759 e. The molecule has 0 aliphatic heterocycles. The quantitative estimate of drug-likeness (QED) is 0.557. The third-order valence-electron chi connectivity index (χ3n) is 9.86. The number of allylic oxidation sites excluding steroid dienone is 2.